The number of nitrogens with zero attached hydrogens (tertiary/aromatic N) is 1. The molecule has 0 saturated carbocycles. The molecule has 2 heterocycles. The van der Waals surface area contributed by atoms with Crippen LogP contribution in [-0.2, 0) is 41.6 Å². The average molecular weight is 587 g/mol. The molecule has 0 spiro atoms. The molecular formula is C33H50N2O7. The number of ether oxygens (including phenoxy) is 7. The van der Waals surface area contributed by atoms with Crippen molar-refractivity contribution in [2.45, 2.75) is 38.1 Å². The van der Waals surface area contributed by atoms with Gasteiger partial charge in [-0.1, -0.05) is 30.3 Å². The summed E-state index contributed by atoms with van der Waals surface area (Å²) in [4.78, 5) is 2.39. The van der Waals surface area contributed by atoms with Crippen LogP contribution < -0.4 is 15.0 Å². The maximum atomic E-state index is 6.69. The largest absolute Gasteiger partial charge is 0.490 e. The summed E-state index contributed by atoms with van der Waals surface area (Å²) in [6.45, 7) is 9.34. The van der Waals surface area contributed by atoms with E-state index in [1.54, 1.807) is 21.3 Å². The first-order valence-corrected chi connectivity index (χ1v) is 15.3. The number of anilines is 1. The monoisotopic (exact) mass is 586 g/mol. The van der Waals surface area contributed by atoms with Crippen molar-refractivity contribution in [3.63, 3.8) is 0 Å². The highest BCUT2D eigenvalue weighted by molar-refractivity contribution is 5.61. The van der Waals surface area contributed by atoms with Gasteiger partial charge in [-0.05, 0) is 41.7 Å². The fourth-order valence-corrected chi connectivity index (χ4v) is 5.73. The quantitative estimate of drug-likeness (QED) is 0.246. The molecule has 2 aliphatic heterocycles. The summed E-state index contributed by atoms with van der Waals surface area (Å²) in [6, 6.07) is 15.2. The van der Waals surface area contributed by atoms with Crippen LogP contribution in [0, 0.1) is 5.92 Å². The van der Waals surface area contributed by atoms with Crippen molar-refractivity contribution in [2.75, 3.05) is 98.7 Å². The molecule has 2 unspecified atom stereocenters. The SMILES string of the molecule is COCCCOCc1ccc(C2C(COCCOC)CNC[C@@H]2OCc2ccc3c(c2)N(CCCOC)CCO3)cc1. The molecule has 4 rings (SSSR count). The second kappa shape index (κ2) is 18.4. The number of fused-ring (bicyclic) bond motifs is 1. The second-order valence-corrected chi connectivity index (χ2v) is 11.0. The number of methoxy groups -OCH3 is 3. The molecule has 234 valence electrons. The van der Waals surface area contributed by atoms with Gasteiger partial charge in [0.05, 0.1) is 51.4 Å². The lowest BCUT2D eigenvalue weighted by Gasteiger charge is -2.39. The molecule has 0 amide bonds. The van der Waals surface area contributed by atoms with Gasteiger partial charge in [0.2, 0.25) is 0 Å². The maximum absolute atomic E-state index is 6.69. The standard InChI is InChI=1S/C33H50N2O7/c1-36-14-4-12-35-13-17-41-31-11-8-27(20-30(31)35)24-42-32-22-34-21-29(25-40-19-18-38-3)33(32)28-9-6-26(7-10-28)23-39-16-5-15-37-2/h6-11,20,29,32-34H,4-5,12-19,21-25H2,1-3H3/t29?,32-,33?/m0/s1. The van der Waals surface area contributed by atoms with Crippen molar-refractivity contribution < 1.29 is 33.2 Å². The molecule has 2 aromatic carbocycles. The first kappa shape index (κ1) is 32.7. The molecule has 9 heteroatoms. The summed E-state index contributed by atoms with van der Waals surface area (Å²) in [6.07, 6.45) is 1.89. The van der Waals surface area contributed by atoms with E-state index in [2.05, 4.69) is 52.7 Å². The molecular weight excluding hydrogens is 536 g/mol. The van der Waals surface area contributed by atoms with Gasteiger partial charge in [-0.25, -0.2) is 0 Å². The van der Waals surface area contributed by atoms with E-state index in [0.29, 0.717) is 46.2 Å². The molecule has 0 bridgehead atoms. The molecule has 42 heavy (non-hydrogen) atoms. The first-order chi connectivity index (χ1) is 20.7. The molecule has 3 atom stereocenters. The van der Waals surface area contributed by atoms with Crippen LogP contribution in [0.3, 0.4) is 0 Å². The Balaban J connectivity index is 1.43. The first-order valence-electron chi connectivity index (χ1n) is 15.3. The highest BCUT2D eigenvalue weighted by atomic mass is 16.5. The zero-order valence-corrected chi connectivity index (χ0v) is 25.7. The normalized spacial score (nSPS) is 20.4. The van der Waals surface area contributed by atoms with E-state index in [1.807, 2.05) is 0 Å². The van der Waals surface area contributed by atoms with Gasteiger partial charge in [0.1, 0.15) is 12.4 Å². The molecule has 1 fully saturated rings. The van der Waals surface area contributed by atoms with Crippen molar-refractivity contribution in [3.8, 4) is 5.75 Å². The molecule has 1 N–H and O–H groups in total. The Bertz CT molecular complexity index is 1020. The predicted molar refractivity (Wildman–Crippen MR) is 164 cm³/mol. The van der Waals surface area contributed by atoms with Crippen LogP contribution >= 0.6 is 0 Å². The van der Waals surface area contributed by atoms with Gasteiger partial charge in [-0.15, -0.1) is 0 Å². The van der Waals surface area contributed by atoms with Gasteiger partial charge < -0.3 is 43.4 Å². The van der Waals surface area contributed by atoms with Crippen LogP contribution in [0.1, 0.15) is 35.4 Å². The minimum Gasteiger partial charge on any atom is -0.490 e. The number of hydrogen-bond donors (Lipinski definition) is 1. The Morgan fingerprint density at radius 1 is 0.810 bits per heavy atom. The highest BCUT2D eigenvalue weighted by Gasteiger charge is 2.35. The maximum Gasteiger partial charge on any atom is 0.142 e. The van der Waals surface area contributed by atoms with Gasteiger partial charge in [0, 0.05) is 72.6 Å². The Morgan fingerprint density at radius 2 is 1.60 bits per heavy atom. The fraction of sp³-hybridized carbons (Fsp3) is 0.636. The molecule has 0 aromatic heterocycles. The van der Waals surface area contributed by atoms with Crippen LogP contribution in [0.25, 0.3) is 0 Å². The Hall–Kier alpha value is -2.24. The average Bonchev–Trinajstić information content (AvgIpc) is 3.02. The summed E-state index contributed by atoms with van der Waals surface area (Å²) in [5, 5.41) is 3.60. The fourth-order valence-electron chi connectivity index (χ4n) is 5.73. The lowest BCUT2D eigenvalue weighted by atomic mass is 9.79. The number of hydrogen-bond acceptors (Lipinski definition) is 9. The van der Waals surface area contributed by atoms with E-state index >= 15 is 0 Å². The zero-order chi connectivity index (χ0) is 29.4. The topological polar surface area (TPSA) is 79.9 Å². The van der Waals surface area contributed by atoms with Gasteiger partial charge in [-0.3, -0.25) is 0 Å². The van der Waals surface area contributed by atoms with Crippen LogP contribution in [0.2, 0.25) is 0 Å². The van der Waals surface area contributed by atoms with E-state index < -0.39 is 0 Å². The molecule has 9 nitrogen and oxygen atoms in total. The van der Waals surface area contributed by atoms with Crippen LogP contribution in [-0.4, -0.2) is 99.9 Å². The third-order valence-electron chi connectivity index (χ3n) is 7.92. The summed E-state index contributed by atoms with van der Waals surface area (Å²) in [5.41, 5.74) is 4.73. The molecule has 2 aromatic rings. The van der Waals surface area contributed by atoms with Crippen LogP contribution in [0.5, 0.6) is 5.75 Å². The molecule has 0 radical (unpaired) electrons. The van der Waals surface area contributed by atoms with Gasteiger partial charge in [0.25, 0.3) is 0 Å². The summed E-state index contributed by atoms with van der Waals surface area (Å²) in [7, 11) is 5.17. The minimum absolute atomic E-state index is 0.0102. The lowest BCUT2D eigenvalue weighted by molar-refractivity contribution is -0.0288. The molecule has 0 aliphatic carbocycles. The van der Waals surface area contributed by atoms with Crippen molar-refractivity contribution in [1.82, 2.24) is 5.32 Å². The third-order valence-corrected chi connectivity index (χ3v) is 7.92. The Kier molecular flexibility index (Phi) is 14.3. The minimum atomic E-state index is 0.0102. The Morgan fingerprint density at radius 3 is 2.40 bits per heavy atom. The van der Waals surface area contributed by atoms with E-state index in [0.717, 1.165) is 69.2 Å². The van der Waals surface area contributed by atoms with E-state index in [-0.39, 0.29) is 17.9 Å². The van der Waals surface area contributed by atoms with E-state index in [4.69, 9.17) is 33.2 Å². The van der Waals surface area contributed by atoms with Gasteiger partial charge in [0.15, 0.2) is 0 Å². The Labute approximate surface area is 251 Å². The van der Waals surface area contributed by atoms with Gasteiger partial charge in [-0.2, -0.15) is 0 Å². The summed E-state index contributed by atoms with van der Waals surface area (Å²) >= 11 is 0. The van der Waals surface area contributed by atoms with E-state index in [1.165, 1.54) is 11.1 Å². The lowest BCUT2D eigenvalue weighted by Crippen LogP contribution is -2.48. The predicted octanol–water partition coefficient (Wildman–Crippen LogP) is 4.03. The number of rotatable bonds is 19. The van der Waals surface area contributed by atoms with Crippen molar-refractivity contribution in [2.24, 2.45) is 5.92 Å². The zero-order valence-electron chi connectivity index (χ0n) is 25.7. The second-order valence-electron chi connectivity index (χ2n) is 11.0. The van der Waals surface area contributed by atoms with Gasteiger partial charge >= 0.3 is 0 Å². The van der Waals surface area contributed by atoms with Crippen molar-refractivity contribution in [1.29, 1.82) is 0 Å². The molecule has 2 aliphatic rings. The highest BCUT2D eigenvalue weighted by Crippen LogP contribution is 2.35. The number of nitrogens with one attached hydrogen (secondary N) is 1. The van der Waals surface area contributed by atoms with Crippen molar-refractivity contribution >= 4 is 5.69 Å². The van der Waals surface area contributed by atoms with Crippen LogP contribution in [0.15, 0.2) is 42.5 Å². The van der Waals surface area contributed by atoms with Crippen molar-refractivity contribution in [3.05, 3.63) is 59.2 Å². The third kappa shape index (κ3) is 9.91. The number of piperidine rings is 1. The van der Waals surface area contributed by atoms with E-state index in [9.17, 15) is 0 Å². The summed E-state index contributed by atoms with van der Waals surface area (Å²) < 4.78 is 40.0. The summed E-state index contributed by atoms with van der Waals surface area (Å²) in [5.74, 6) is 1.43. The van der Waals surface area contributed by atoms with Crippen LogP contribution in [0.4, 0.5) is 5.69 Å². The molecule has 1 saturated heterocycles. The smallest absolute Gasteiger partial charge is 0.142 e. The number of benzene rings is 2.